The highest BCUT2D eigenvalue weighted by Gasteiger charge is 2.33. The first-order valence-electron chi connectivity index (χ1n) is 5.29. The van der Waals surface area contributed by atoms with E-state index >= 15 is 0 Å². The van der Waals surface area contributed by atoms with Gasteiger partial charge in [-0.15, -0.1) is 0 Å². The second-order valence-corrected chi connectivity index (χ2v) is 3.83. The summed E-state index contributed by atoms with van der Waals surface area (Å²) in [5.41, 5.74) is 5.67. The lowest BCUT2D eigenvalue weighted by atomic mass is 10.2. The number of nitrogen functional groups attached to an aromatic ring is 1. The van der Waals surface area contributed by atoms with E-state index in [9.17, 15) is 9.59 Å². The molecule has 2 rings (SSSR count). The van der Waals surface area contributed by atoms with Crippen molar-refractivity contribution in [3.05, 3.63) is 6.33 Å². The monoisotopic (exact) mass is 251 g/mol. The van der Waals surface area contributed by atoms with E-state index in [1.54, 1.807) is 6.92 Å². The number of hydrogen-bond donors (Lipinski definition) is 2. The molecule has 1 aliphatic rings. The Morgan fingerprint density at radius 2 is 2.22 bits per heavy atom. The van der Waals surface area contributed by atoms with Gasteiger partial charge in [-0.2, -0.15) is 0 Å². The fourth-order valence-electron chi connectivity index (χ4n) is 1.75. The van der Waals surface area contributed by atoms with Gasteiger partial charge in [0.15, 0.2) is 11.6 Å². The van der Waals surface area contributed by atoms with Crippen molar-refractivity contribution in [1.29, 1.82) is 0 Å². The van der Waals surface area contributed by atoms with Gasteiger partial charge in [-0.05, 0) is 6.92 Å². The molecule has 2 heterocycles. The van der Waals surface area contributed by atoms with Gasteiger partial charge in [-0.3, -0.25) is 14.9 Å². The lowest BCUT2D eigenvalue weighted by Gasteiger charge is -2.33. The highest BCUT2D eigenvalue weighted by Crippen LogP contribution is 2.31. The number of carbonyl (C=O) groups excluding carboxylic acids is 2. The third-order valence-corrected chi connectivity index (χ3v) is 2.71. The summed E-state index contributed by atoms with van der Waals surface area (Å²) in [4.78, 5) is 32.3. The topological polar surface area (TPSA) is 110 Å². The van der Waals surface area contributed by atoms with Crippen molar-refractivity contribution in [2.75, 3.05) is 24.3 Å². The molecule has 1 fully saturated rings. The fraction of sp³-hybridized carbons (Fsp3) is 0.400. The SMILES string of the molecule is COc1c(N)ncnc1N1CC(=O)NC(=O)C1C. The van der Waals surface area contributed by atoms with Crippen LogP contribution in [0.25, 0.3) is 0 Å². The van der Waals surface area contributed by atoms with Crippen LogP contribution >= 0.6 is 0 Å². The number of carbonyl (C=O) groups is 2. The van der Waals surface area contributed by atoms with E-state index in [-0.39, 0.29) is 24.0 Å². The molecule has 0 saturated carbocycles. The van der Waals surface area contributed by atoms with Gasteiger partial charge >= 0.3 is 0 Å². The number of hydrogen-bond acceptors (Lipinski definition) is 7. The van der Waals surface area contributed by atoms with E-state index in [1.807, 2.05) is 0 Å². The molecule has 96 valence electrons. The number of aromatic nitrogens is 2. The summed E-state index contributed by atoms with van der Waals surface area (Å²) in [6.07, 6.45) is 1.26. The minimum absolute atomic E-state index is 0.0136. The zero-order chi connectivity index (χ0) is 13.3. The van der Waals surface area contributed by atoms with E-state index < -0.39 is 11.9 Å². The number of nitrogens with two attached hydrogens (primary N) is 1. The molecule has 1 aromatic heterocycles. The number of nitrogens with one attached hydrogen (secondary N) is 1. The average Bonchev–Trinajstić information content (AvgIpc) is 2.33. The Balaban J connectivity index is 2.44. The van der Waals surface area contributed by atoms with E-state index in [4.69, 9.17) is 10.5 Å². The van der Waals surface area contributed by atoms with Gasteiger partial charge < -0.3 is 15.4 Å². The summed E-state index contributed by atoms with van der Waals surface area (Å²) in [5.74, 6) is -0.0245. The maximum absolute atomic E-state index is 11.6. The molecule has 0 spiro atoms. The predicted molar refractivity (Wildman–Crippen MR) is 63.0 cm³/mol. The molecule has 3 N–H and O–H groups in total. The van der Waals surface area contributed by atoms with Crippen LogP contribution in [0.3, 0.4) is 0 Å². The summed E-state index contributed by atoms with van der Waals surface area (Å²) in [7, 11) is 1.43. The Bertz CT molecular complexity index is 504. The van der Waals surface area contributed by atoms with Crippen LogP contribution in [0.15, 0.2) is 6.33 Å². The van der Waals surface area contributed by atoms with Crippen LogP contribution in [0.1, 0.15) is 6.92 Å². The summed E-state index contributed by atoms with van der Waals surface area (Å²) >= 11 is 0. The van der Waals surface area contributed by atoms with Crippen LogP contribution in [0.4, 0.5) is 11.6 Å². The number of rotatable bonds is 2. The highest BCUT2D eigenvalue weighted by atomic mass is 16.5. The average molecular weight is 251 g/mol. The molecule has 0 radical (unpaired) electrons. The Hall–Kier alpha value is -2.38. The maximum atomic E-state index is 11.6. The van der Waals surface area contributed by atoms with Gasteiger partial charge in [0.05, 0.1) is 13.7 Å². The number of nitrogens with zero attached hydrogens (tertiary/aromatic N) is 3. The van der Waals surface area contributed by atoms with Gasteiger partial charge in [0, 0.05) is 0 Å². The van der Waals surface area contributed by atoms with Gasteiger partial charge in [0.2, 0.25) is 17.6 Å². The quantitative estimate of drug-likeness (QED) is 0.643. The molecule has 0 aliphatic carbocycles. The maximum Gasteiger partial charge on any atom is 0.249 e. The molecule has 0 bridgehead atoms. The lowest BCUT2D eigenvalue weighted by molar-refractivity contribution is -0.132. The molecule has 1 saturated heterocycles. The molecule has 1 atom stereocenters. The summed E-state index contributed by atoms with van der Waals surface area (Å²) in [6, 6.07) is -0.536. The zero-order valence-electron chi connectivity index (χ0n) is 10.0. The molecular formula is C10H13N5O3. The number of ether oxygens (including phenoxy) is 1. The van der Waals surface area contributed by atoms with E-state index in [2.05, 4.69) is 15.3 Å². The summed E-state index contributed by atoms with van der Waals surface area (Å²) in [6.45, 7) is 1.68. The van der Waals surface area contributed by atoms with Crippen LogP contribution < -0.4 is 20.7 Å². The van der Waals surface area contributed by atoms with Gasteiger partial charge in [-0.1, -0.05) is 0 Å². The third kappa shape index (κ3) is 1.92. The number of amides is 2. The Morgan fingerprint density at radius 1 is 1.50 bits per heavy atom. The number of methoxy groups -OCH3 is 1. The molecule has 1 aliphatic heterocycles. The summed E-state index contributed by atoms with van der Waals surface area (Å²) in [5, 5.41) is 2.25. The molecule has 1 aromatic rings. The molecule has 2 amide bonds. The Kier molecular flexibility index (Phi) is 3.00. The second-order valence-electron chi connectivity index (χ2n) is 3.83. The van der Waals surface area contributed by atoms with E-state index in [0.29, 0.717) is 5.82 Å². The molecule has 8 nitrogen and oxygen atoms in total. The van der Waals surface area contributed by atoms with Crippen LogP contribution in [0, 0.1) is 0 Å². The predicted octanol–water partition coefficient (Wildman–Crippen LogP) is -1.08. The minimum Gasteiger partial charge on any atom is -0.490 e. The fourth-order valence-corrected chi connectivity index (χ4v) is 1.75. The van der Waals surface area contributed by atoms with E-state index in [0.717, 1.165) is 0 Å². The van der Waals surface area contributed by atoms with E-state index in [1.165, 1.54) is 18.3 Å². The molecule has 0 aromatic carbocycles. The van der Waals surface area contributed by atoms with Crippen molar-refractivity contribution in [2.45, 2.75) is 13.0 Å². The lowest BCUT2D eigenvalue weighted by Crippen LogP contribution is -2.57. The van der Waals surface area contributed by atoms with Crippen molar-refractivity contribution < 1.29 is 14.3 Å². The van der Waals surface area contributed by atoms with Gasteiger partial charge in [0.1, 0.15) is 12.4 Å². The minimum atomic E-state index is -0.536. The van der Waals surface area contributed by atoms with Crippen LogP contribution in [-0.2, 0) is 9.59 Å². The largest absolute Gasteiger partial charge is 0.490 e. The Labute approximate surface area is 103 Å². The summed E-state index contributed by atoms with van der Waals surface area (Å²) < 4.78 is 5.11. The number of imide groups is 1. The molecular weight excluding hydrogens is 238 g/mol. The zero-order valence-corrected chi connectivity index (χ0v) is 10.0. The van der Waals surface area contributed by atoms with Crippen LogP contribution in [0.5, 0.6) is 5.75 Å². The normalized spacial score (nSPS) is 19.7. The first-order valence-corrected chi connectivity index (χ1v) is 5.29. The van der Waals surface area contributed by atoms with Gasteiger partial charge in [-0.25, -0.2) is 9.97 Å². The molecule has 18 heavy (non-hydrogen) atoms. The number of anilines is 2. The van der Waals surface area contributed by atoms with Crippen LogP contribution in [-0.4, -0.2) is 41.5 Å². The Morgan fingerprint density at radius 3 is 2.89 bits per heavy atom. The van der Waals surface area contributed by atoms with Crippen molar-refractivity contribution in [3.8, 4) is 5.75 Å². The highest BCUT2D eigenvalue weighted by molar-refractivity contribution is 6.04. The van der Waals surface area contributed by atoms with Crippen molar-refractivity contribution in [2.24, 2.45) is 0 Å². The van der Waals surface area contributed by atoms with Gasteiger partial charge in [0.25, 0.3) is 0 Å². The second kappa shape index (κ2) is 4.47. The third-order valence-electron chi connectivity index (χ3n) is 2.71. The molecule has 8 heteroatoms. The smallest absolute Gasteiger partial charge is 0.249 e. The van der Waals surface area contributed by atoms with Crippen molar-refractivity contribution in [1.82, 2.24) is 15.3 Å². The van der Waals surface area contributed by atoms with Crippen molar-refractivity contribution >= 4 is 23.5 Å². The number of piperazine rings is 1. The molecule has 1 unspecified atom stereocenters. The van der Waals surface area contributed by atoms with Crippen LogP contribution in [0.2, 0.25) is 0 Å². The first kappa shape index (κ1) is 12.1. The standard InChI is InChI=1S/C10H13N5O3/c1-5-10(17)14-6(16)3-15(5)9-7(18-2)8(11)12-4-13-9/h4-5H,3H2,1-2H3,(H2,11,12,13)(H,14,16,17). The van der Waals surface area contributed by atoms with Crippen molar-refractivity contribution in [3.63, 3.8) is 0 Å². The first-order chi connectivity index (χ1) is 8.54.